The lowest BCUT2D eigenvalue weighted by atomic mass is 9.93. The fourth-order valence-corrected chi connectivity index (χ4v) is 4.75. The molecule has 40 heavy (non-hydrogen) atoms. The summed E-state index contributed by atoms with van der Waals surface area (Å²) < 4.78 is 16.0. The molecule has 0 spiro atoms. The molecule has 0 fully saturated rings. The van der Waals surface area contributed by atoms with Crippen molar-refractivity contribution >= 4 is 17.8 Å². The second kappa shape index (κ2) is 13.5. The van der Waals surface area contributed by atoms with E-state index in [1.54, 1.807) is 24.3 Å². The van der Waals surface area contributed by atoms with Gasteiger partial charge in [-0.2, -0.15) is 0 Å². The number of methoxy groups -OCH3 is 3. The second-order valence-corrected chi connectivity index (χ2v) is 9.56. The number of amides is 2. The van der Waals surface area contributed by atoms with Gasteiger partial charge in [0.25, 0.3) is 5.91 Å². The molecule has 3 aromatic carbocycles. The van der Waals surface area contributed by atoms with Crippen molar-refractivity contribution in [3.63, 3.8) is 0 Å². The van der Waals surface area contributed by atoms with Crippen molar-refractivity contribution in [1.82, 2.24) is 10.6 Å². The number of aryl methyl sites for hydroxylation is 3. The number of carbonyl (C=O) groups is 3. The Morgan fingerprint density at radius 3 is 1.93 bits per heavy atom. The number of rotatable bonds is 12. The molecule has 0 radical (unpaired) electrons. The number of ether oxygens (including phenoxy) is 3. The second-order valence-electron chi connectivity index (χ2n) is 9.56. The molecule has 3 rings (SSSR count). The largest absolute Gasteiger partial charge is 0.493 e. The first kappa shape index (κ1) is 30.0. The molecule has 0 aliphatic heterocycles. The molecule has 3 aromatic rings. The van der Waals surface area contributed by atoms with Gasteiger partial charge in [0.1, 0.15) is 6.04 Å². The maximum absolute atomic E-state index is 13.1. The summed E-state index contributed by atoms with van der Waals surface area (Å²) in [7, 11) is 4.48. The van der Waals surface area contributed by atoms with Crippen LogP contribution < -0.4 is 24.8 Å². The average Bonchev–Trinajstić information content (AvgIpc) is 2.92. The van der Waals surface area contributed by atoms with Crippen LogP contribution in [-0.2, 0) is 16.1 Å². The van der Waals surface area contributed by atoms with Gasteiger partial charge in [-0.1, -0.05) is 29.8 Å². The molecule has 0 saturated carbocycles. The number of hydrogen-bond acceptors (Lipinski definition) is 6. The molecular weight excluding hydrogens is 512 g/mol. The molecular formula is C31H36N2O7. The Labute approximate surface area is 234 Å². The number of aliphatic carboxylic acids is 1. The summed E-state index contributed by atoms with van der Waals surface area (Å²) in [6.07, 6.45) is -0.352. The van der Waals surface area contributed by atoms with Gasteiger partial charge in [0, 0.05) is 18.5 Å². The van der Waals surface area contributed by atoms with Crippen LogP contribution in [0.2, 0.25) is 0 Å². The minimum absolute atomic E-state index is 0.0675. The summed E-state index contributed by atoms with van der Waals surface area (Å²) in [6.45, 7) is 6.26. The molecule has 1 atom stereocenters. The minimum Gasteiger partial charge on any atom is -0.493 e. The van der Waals surface area contributed by atoms with Crippen molar-refractivity contribution in [3.05, 3.63) is 76.3 Å². The standard InChI is InChI=1S/C31H36N2O7/c1-18-13-19(2)28(20(3)14-18)22-7-9-23(10-8-22)30(36)33-24(11-12-27(34)35)31(37)32-17-21-15-25(38-4)29(40-6)26(16-21)39-5/h7-10,13-16,24H,11-12,17H2,1-6H3,(H,32,37)(H,33,36)(H,34,35)/t24-/m0/s1. The molecule has 212 valence electrons. The van der Waals surface area contributed by atoms with E-state index < -0.39 is 23.8 Å². The first-order chi connectivity index (χ1) is 19.1. The zero-order valence-electron chi connectivity index (χ0n) is 23.7. The highest BCUT2D eigenvalue weighted by atomic mass is 16.5. The first-order valence-corrected chi connectivity index (χ1v) is 12.9. The molecule has 0 aliphatic rings. The van der Waals surface area contributed by atoms with E-state index >= 15 is 0 Å². The molecule has 0 bridgehead atoms. The third-order valence-electron chi connectivity index (χ3n) is 6.57. The van der Waals surface area contributed by atoms with E-state index in [1.807, 2.05) is 12.1 Å². The van der Waals surface area contributed by atoms with E-state index in [0.29, 0.717) is 28.4 Å². The molecule has 0 aromatic heterocycles. The quantitative estimate of drug-likeness (QED) is 0.303. The Balaban J connectivity index is 1.75. The SMILES string of the molecule is COc1cc(CNC(=O)[C@H](CCC(=O)O)NC(=O)c2ccc(-c3c(C)cc(C)cc3C)cc2)cc(OC)c1OC. The van der Waals surface area contributed by atoms with E-state index in [1.165, 1.54) is 26.9 Å². The predicted molar refractivity (Wildman–Crippen MR) is 152 cm³/mol. The Bertz CT molecular complexity index is 1330. The average molecular weight is 549 g/mol. The fraction of sp³-hybridized carbons (Fsp3) is 0.323. The Hall–Kier alpha value is -4.53. The molecule has 2 amide bonds. The first-order valence-electron chi connectivity index (χ1n) is 12.9. The highest BCUT2D eigenvalue weighted by Gasteiger charge is 2.23. The van der Waals surface area contributed by atoms with Crippen LogP contribution in [0.15, 0.2) is 48.5 Å². The van der Waals surface area contributed by atoms with Gasteiger partial charge in [-0.25, -0.2) is 0 Å². The zero-order chi connectivity index (χ0) is 29.4. The van der Waals surface area contributed by atoms with E-state index in [0.717, 1.165) is 22.3 Å². The van der Waals surface area contributed by atoms with E-state index in [9.17, 15) is 19.5 Å². The van der Waals surface area contributed by atoms with Crippen molar-refractivity contribution in [2.45, 2.75) is 46.2 Å². The van der Waals surface area contributed by atoms with Crippen molar-refractivity contribution in [2.24, 2.45) is 0 Å². The maximum atomic E-state index is 13.1. The lowest BCUT2D eigenvalue weighted by Gasteiger charge is -2.19. The highest BCUT2D eigenvalue weighted by molar-refractivity contribution is 5.98. The van der Waals surface area contributed by atoms with Gasteiger partial charge in [0.2, 0.25) is 11.7 Å². The number of nitrogens with one attached hydrogen (secondary N) is 2. The molecule has 0 unspecified atom stereocenters. The predicted octanol–water partition coefficient (Wildman–Crippen LogP) is 4.58. The van der Waals surface area contributed by atoms with Gasteiger partial charge in [-0.15, -0.1) is 0 Å². The van der Waals surface area contributed by atoms with Gasteiger partial charge < -0.3 is 30.0 Å². The van der Waals surface area contributed by atoms with Gasteiger partial charge in [-0.05, 0) is 79.3 Å². The smallest absolute Gasteiger partial charge is 0.303 e. The fourth-order valence-electron chi connectivity index (χ4n) is 4.75. The van der Waals surface area contributed by atoms with Crippen LogP contribution in [0.25, 0.3) is 11.1 Å². The summed E-state index contributed by atoms with van der Waals surface area (Å²) in [6, 6.07) is 13.7. The lowest BCUT2D eigenvalue weighted by molar-refractivity contribution is -0.137. The van der Waals surface area contributed by atoms with Crippen LogP contribution in [0, 0.1) is 20.8 Å². The number of hydrogen-bond donors (Lipinski definition) is 3. The van der Waals surface area contributed by atoms with Gasteiger partial charge in [-0.3, -0.25) is 14.4 Å². The number of carbonyl (C=O) groups excluding carboxylic acids is 2. The summed E-state index contributed by atoms with van der Waals surface area (Å²) in [4.78, 5) is 37.3. The Kier molecular flexibility index (Phi) is 10.1. The molecule has 3 N–H and O–H groups in total. The number of carboxylic acid groups (broad SMARTS) is 1. The summed E-state index contributed by atoms with van der Waals surface area (Å²) in [5, 5.41) is 14.6. The van der Waals surface area contributed by atoms with Gasteiger partial charge >= 0.3 is 5.97 Å². The van der Waals surface area contributed by atoms with Crippen molar-refractivity contribution < 1.29 is 33.7 Å². The van der Waals surface area contributed by atoms with E-state index in [4.69, 9.17) is 14.2 Å². The summed E-state index contributed by atoms with van der Waals surface area (Å²) in [5.74, 6) is -0.758. The van der Waals surface area contributed by atoms with Crippen LogP contribution in [0.1, 0.15) is 45.5 Å². The monoisotopic (exact) mass is 548 g/mol. The zero-order valence-corrected chi connectivity index (χ0v) is 23.7. The van der Waals surface area contributed by atoms with E-state index in [-0.39, 0.29) is 19.4 Å². The molecule has 9 heteroatoms. The molecule has 0 saturated heterocycles. The molecule has 0 aliphatic carbocycles. The topological polar surface area (TPSA) is 123 Å². The van der Waals surface area contributed by atoms with Crippen molar-refractivity contribution in [2.75, 3.05) is 21.3 Å². The number of benzene rings is 3. The summed E-state index contributed by atoms with van der Waals surface area (Å²) >= 11 is 0. The maximum Gasteiger partial charge on any atom is 0.303 e. The van der Waals surface area contributed by atoms with Crippen molar-refractivity contribution in [3.8, 4) is 28.4 Å². The van der Waals surface area contributed by atoms with Crippen molar-refractivity contribution in [1.29, 1.82) is 0 Å². The third kappa shape index (κ3) is 7.31. The van der Waals surface area contributed by atoms with E-state index in [2.05, 4.69) is 43.5 Å². The van der Waals surface area contributed by atoms with Crippen LogP contribution >= 0.6 is 0 Å². The van der Waals surface area contributed by atoms with Gasteiger partial charge in [0.15, 0.2) is 11.5 Å². The Morgan fingerprint density at radius 1 is 0.850 bits per heavy atom. The van der Waals surface area contributed by atoms with Crippen LogP contribution in [0.3, 0.4) is 0 Å². The van der Waals surface area contributed by atoms with Crippen LogP contribution in [0.5, 0.6) is 17.2 Å². The van der Waals surface area contributed by atoms with Crippen LogP contribution in [-0.4, -0.2) is 50.3 Å². The Morgan fingerprint density at radius 2 is 1.43 bits per heavy atom. The van der Waals surface area contributed by atoms with Crippen LogP contribution in [0.4, 0.5) is 0 Å². The normalized spacial score (nSPS) is 11.3. The minimum atomic E-state index is -1.06. The third-order valence-corrected chi connectivity index (χ3v) is 6.57. The highest BCUT2D eigenvalue weighted by Crippen LogP contribution is 2.38. The summed E-state index contributed by atoms with van der Waals surface area (Å²) in [5.41, 5.74) is 6.61. The number of carboxylic acids is 1. The molecule has 9 nitrogen and oxygen atoms in total. The lowest BCUT2D eigenvalue weighted by Crippen LogP contribution is -2.46. The molecule has 0 heterocycles. The van der Waals surface area contributed by atoms with Gasteiger partial charge in [0.05, 0.1) is 21.3 Å².